The van der Waals surface area contributed by atoms with Crippen LogP contribution in [0.5, 0.6) is 0 Å². The minimum absolute atomic E-state index is 0.0245. The summed E-state index contributed by atoms with van der Waals surface area (Å²) in [4.78, 5) is 12.7. The summed E-state index contributed by atoms with van der Waals surface area (Å²) in [5.41, 5.74) is 3.09. The van der Waals surface area contributed by atoms with Crippen molar-refractivity contribution < 1.29 is 19.0 Å². The molecule has 2 aromatic rings. The van der Waals surface area contributed by atoms with Gasteiger partial charge in [-0.3, -0.25) is 0 Å². The van der Waals surface area contributed by atoms with Crippen LogP contribution >= 0.6 is 0 Å². The van der Waals surface area contributed by atoms with Crippen molar-refractivity contribution in [3.05, 3.63) is 83.1 Å². The SMILES string of the molecule is CC1(C)OC(=O)C2=C(C[C@H](CCc3ccccc3)O[C@@H]2CCc2ccccc2)O1. The Labute approximate surface area is 172 Å². The molecule has 0 spiro atoms. The molecule has 0 aromatic heterocycles. The fraction of sp³-hybridized carbons (Fsp3) is 0.400. The summed E-state index contributed by atoms with van der Waals surface area (Å²) in [6.45, 7) is 3.56. The fourth-order valence-corrected chi connectivity index (χ4v) is 4.08. The Morgan fingerprint density at radius 2 is 1.45 bits per heavy atom. The average molecular weight is 392 g/mol. The van der Waals surface area contributed by atoms with Gasteiger partial charge in [-0.1, -0.05) is 60.7 Å². The van der Waals surface area contributed by atoms with Gasteiger partial charge in [0.15, 0.2) is 0 Å². The topological polar surface area (TPSA) is 44.8 Å². The van der Waals surface area contributed by atoms with E-state index < -0.39 is 5.79 Å². The van der Waals surface area contributed by atoms with Crippen molar-refractivity contribution in [2.24, 2.45) is 0 Å². The van der Waals surface area contributed by atoms with Crippen LogP contribution in [-0.2, 0) is 31.8 Å². The van der Waals surface area contributed by atoms with Gasteiger partial charge in [-0.2, -0.15) is 0 Å². The maximum absolute atomic E-state index is 12.7. The molecule has 0 fully saturated rings. The zero-order chi connectivity index (χ0) is 20.3. The maximum Gasteiger partial charge on any atom is 0.343 e. The zero-order valence-corrected chi connectivity index (χ0v) is 17.1. The Balaban J connectivity index is 1.51. The summed E-state index contributed by atoms with van der Waals surface area (Å²) in [5.74, 6) is -0.495. The van der Waals surface area contributed by atoms with Crippen LogP contribution in [0.3, 0.4) is 0 Å². The number of hydrogen-bond acceptors (Lipinski definition) is 4. The lowest BCUT2D eigenvalue weighted by Gasteiger charge is -2.40. The van der Waals surface area contributed by atoms with Gasteiger partial charge in [-0.15, -0.1) is 0 Å². The molecule has 2 aliphatic heterocycles. The van der Waals surface area contributed by atoms with Crippen LogP contribution in [0.4, 0.5) is 0 Å². The van der Waals surface area contributed by atoms with E-state index in [1.54, 1.807) is 13.8 Å². The van der Waals surface area contributed by atoms with Gasteiger partial charge in [0.2, 0.25) is 5.79 Å². The molecule has 2 atom stereocenters. The lowest BCUT2D eigenvalue weighted by Crippen LogP contribution is -2.44. The van der Waals surface area contributed by atoms with Crippen molar-refractivity contribution in [1.82, 2.24) is 0 Å². The summed E-state index contributed by atoms with van der Waals surface area (Å²) in [6, 6.07) is 20.7. The summed E-state index contributed by atoms with van der Waals surface area (Å²) in [6.07, 6.45) is 3.73. The van der Waals surface area contributed by atoms with E-state index in [9.17, 15) is 4.79 Å². The molecule has 0 aliphatic carbocycles. The van der Waals surface area contributed by atoms with E-state index in [4.69, 9.17) is 14.2 Å². The van der Waals surface area contributed by atoms with E-state index in [1.165, 1.54) is 11.1 Å². The number of rotatable bonds is 6. The Bertz CT molecular complexity index is 870. The number of aryl methyl sites for hydroxylation is 2. The second-order valence-corrected chi connectivity index (χ2v) is 8.23. The van der Waals surface area contributed by atoms with Crippen LogP contribution in [0.1, 0.15) is 44.2 Å². The number of carbonyl (C=O) groups excluding carboxylic acids is 1. The van der Waals surface area contributed by atoms with Crippen LogP contribution in [0.15, 0.2) is 72.0 Å². The largest absolute Gasteiger partial charge is 0.456 e. The summed E-state index contributed by atoms with van der Waals surface area (Å²) < 4.78 is 18.0. The van der Waals surface area contributed by atoms with Gasteiger partial charge < -0.3 is 14.2 Å². The molecule has 0 bridgehead atoms. The third-order valence-corrected chi connectivity index (χ3v) is 5.46. The quantitative estimate of drug-likeness (QED) is 0.651. The number of cyclic esters (lactones) is 1. The Morgan fingerprint density at radius 3 is 2.07 bits per heavy atom. The molecule has 0 N–H and O–H groups in total. The van der Waals surface area contributed by atoms with Crippen LogP contribution in [0, 0.1) is 0 Å². The third kappa shape index (κ3) is 4.88. The fourth-order valence-electron chi connectivity index (χ4n) is 4.08. The number of carbonyl (C=O) groups is 1. The molecule has 0 unspecified atom stereocenters. The van der Waals surface area contributed by atoms with Gasteiger partial charge in [0, 0.05) is 20.3 Å². The molecule has 2 heterocycles. The van der Waals surface area contributed by atoms with Crippen molar-refractivity contribution in [3.8, 4) is 0 Å². The molecular formula is C25H28O4. The second-order valence-electron chi connectivity index (χ2n) is 8.23. The number of ether oxygens (including phenoxy) is 3. The molecule has 0 amide bonds. The Kier molecular flexibility index (Phi) is 5.72. The van der Waals surface area contributed by atoms with Gasteiger partial charge in [0.1, 0.15) is 11.3 Å². The van der Waals surface area contributed by atoms with Crippen LogP contribution in [0.2, 0.25) is 0 Å². The monoisotopic (exact) mass is 392 g/mol. The highest BCUT2D eigenvalue weighted by atomic mass is 16.7. The predicted octanol–water partition coefficient (Wildman–Crippen LogP) is 4.97. The van der Waals surface area contributed by atoms with Crippen LogP contribution < -0.4 is 0 Å². The number of benzene rings is 2. The minimum atomic E-state index is -0.929. The third-order valence-electron chi connectivity index (χ3n) is 5.46. The Hall–Kier alpha value is -2.59. The standard InChI is InChI=1S/C25H28O4/c1-25(2)28-22-17-20(15-13-18-9-5-3-6-10-18)27-21(23(22)24(26)29-25)16-14-19-11-7-4-8-12-19/h3-12,20-21H,13-17H2,1-2H3/t20-,21+/m0/s1. The minimum Gasteiger partial charge on any atom is -0.456 e. The number of hydrogen-bond donors (Lipinski definition) is 0. The smallest absolute Gasteiger partial charge is 0.343 e. The first-order chi connectivity index (χ1) is 14.0. The van der Waals surface area contributed by atoms with E-state index in [1.807, 2.05) is 24.3 Å². The van der Waals surface area contributed by atoms with E-state index in [-0.39, 0.29) is 18.2 Å². The molecular weight excluding hydrogens is 364 g/mol. The van der Waals surface area contributed by atoms with Gasteiger partial charge >= 0.3 is 5.97 Å². The Morgan fingerprint density at radius 1 is 0.862 bits per heavy atom. The normalized spacial score (nSPS) is 23.2. The van der Waals surface area contributed by atoms with E-state index in [0.29, 0.717) is 12.0 Å². The lowest BCUT2D eigenvalue weighted by molar-refractivity contribution is -0.217. The van der Waals surface area contributed by atoms with Crippen LogP contribution in [-0.4, -0.2) is 24.0 Å². The van der Waals surface area contributed by atoms with Crippen molar-refractivity contribution in [2.45, 2.75) is 63.9 Å². The molecule has 152 valence electrons. The maximum atomic E-state index is 12.7. The molecule has 29 heavy (non-hydrogen) atoms. The highest BCUT2D eigenvalue weighted by Crippen LogP contribution is 2.38. The lowest BCUT2D eigenvalue weighted by atomic mass is 9.92. The first-order valence-corrected chi connectivity index (χ1v) is 10.4. The summed E-state index contributed by atoms with van der Waals surface area (Å²) in [7, 11) is 0. The van der Waals surface area contributed by atoms with E-state index in [0.717, 1.165) is 31.4 Å². The van der Waals surface area contributed by atoms with Gasteiger partial charge in [-0.05, 0) is 36.8 Å². The van der Waals surface area contributed by atoms with Gasteiger partial charge in [0.25, 0.3) is 0 Å². The average Bonchev–Trinajstić information content (AvgIpc) is 2.71. The van der Waals surface area contributed by atoms with E-state index in [2.05, 4.69) is 36.4 Å². The molecule has 4 heteroatoms. The highest BCUT2D eigenvalue weighted by Gasteiger charge is 2.43. The van der Waals surface area contributed by atoms with Crippen molar-refractivity contribution in [2.75, 3.05) is 0 Å². The highest BCUT2D eigenvalue weighted by molar-refractivity contribution is 5.91. The first kappa shape index (κ1) is 19.7. The van der Waals surface area contributed by atoms with Crippen molar-refractivity contribution >= 4 is 5.97 Å². The number of esters is 1. The first-order valence-electron chi connectivity index (χ1n) is 10.4. The molecule has 2 aromatic carbocycles. The molecule has 0 saturated heterocycles. The summed E-state index contributed by atoms with van der Waals surface area (Å²) in [5, 5.41) is 0. The molecule has 0 saturated carbocycles. The zero-order valence-electron chi connectivity index (χ0n) is 17.1. The molecule has 4 nitrogen and oxygen atoms in total. The molecule has 2 aliphatic rings. The van der Waals surface area contributed by atoms with Gasteiger partial charge in [0.05, 0.1) is 12.2 Å². The van der Waals surface area contributed by atoms with Crippen molar-refractivity contribution in [3.63, 3.8) is 0 Å². The molecule has 4 rings (SSSR count). The van der Waals surface area contributed by atoms with E-state index >= 15 is 0 Å². The molecule has 0 radical (unpaired) electrons. The predicted molar refractivity (Wildman–Crippen MR) is 111 cm³/mol. The second kappa shape index (κ2) is 8.42. The van der Waals surface area contributed by atoms with Crippen molar-refractivity contribution in [1.29, 1.82) is 0 Å². The van der Waals surface area contributed by atoms with Crippen LogP contribution in [0.25, 0.3) is 0 Å². The van der Waals surface area contributed by atoms with Gasteiger partial charge in [-0.25, -0.2) is 4.79 Å². The summed E-state index contributed by atoms with van der Waals surface area (Å²) >= 11 is 0.